The fourth-order valence-corrected chi connectivity index (χ4v) is 10.6. The minimum Gasteiger partial charge on any atom is -0.377 e. The standard InChI is InChI=1S/C20H48N2O6Si3/c1-22(2)17-13-11-9-10-12-15-20(31(26-6,27-7)28-8)29-19-21-16-14-18-30(23-3,24-4)25-5/h20-21H,9-19H2,1-8H3. The average Bonchev–Trinajstić information content (AvgIpc) is 2.79. The summed E-state index contributed by atoms with van der Waals surface area (Å²) < 4.78 is 33.9. The van der Waals surface area contributed by atoms with Gasteiger partial charge in [-0.3, -0.25) is 0 Å². The highest BCUT2D eigenvalue weighted by Gasteiger charge is 2.46. The first-order valence-corrected chi connectivity index (χ1v) is 16.3. The van der Waals surface area contributed by atoms with Crippen LogP contribution in [0.1, 0.15) is 44.9 Å². The van der Waals surface area contributed by atoms with Gasteiger partial charge in [0.05, 0.1) is 9.52 Å². The van der Waals surface area contributed by atoms with Crippen LogP contribution in [0.25, 0.3) is 0 Å². The van der Waals surface area contributed by atoms with Crippen molar-refractivity contribution in [2.24, 2.45) is 0 Å². The van der Waals surface area contributed by atoms with Gasteiger partial charge in [-0.25, -0.2) is 0 Å². The molecule has 0 fully saturated rings. The van der Waals surface area contributed by atoms with E-state index in [1.54, 1.807) is 42.7 Å². The molecule has 1 atom stereocenters. The van der Waals surface area contributed by atoms with Gasteiger partial charge in [0.2, 0.25) is 0 Å². The Kier molecular flexibility index (Phi) is 18.9. The first kappa shape index (κ1) is 31.3. The Labute approximate surface area is 196 Å². The maximum atomic E-state index is 5.81. The van der Waals surface area contributed by atoms with Gasteiger partial charge in [-0.15, -0.1) is 0 Å². The Hall–Kier alpha value is 0.331. The molecular formula is C20H48N2O6Si3. The minimum atomic E-state index is -2.64. The molecule has 186 valence electrons. The van der Waals surface area contributed by atoms with Crippen LogP contribution in [0.2, 0.25) is 11.2 Å². The SMILES string of the molecule is CO[Si](CCCNC[Si]C(CCCCCCCN(C)C)[Si](OC)(OC)OC)(OC)OC. The number of rotatable bonds is 22. The summed E-state index contributed by atoms with van der Waals surface area (Å²) in [7, 11) is 9.97. The van der Waals surface area contributed by atoms with Crippen molar-refractivity contribution >= 4 is 27.1 Å². The van der Waals surface area contributed by atoms with E-state index in [0.29, 0.717) is 14.7 Å². The van der Waals surface area contributed by atoms with Crippen LogP contribution in [0.4, 0.5) is 0 Å². The van der Waals surface area contributed by atoms with Crippen LogP contribution in [-0.4, -0.2) is 108 Å². The minimum absolute atomic E-state index is 0.326. The molecule has 0 saturated carbocycles. The van der Waals surface area contributed by atoms with Crippen LogP contribution in [0.3, 0.4) is 0 Å². The van der Waals surface area contributed by atoms with E-state index in [2.05, 4.69) is 24.3 Å². The van der Waals surface area contributed by atoms with Gasteiger partial charge in [-0.05, 0) is 52.6 Å². The Morgan fingerprint density at radius 2 is 1.29 bits per heavy atom. The van der Waals surface area contributed by atoms with Gasteiger partial charge in [0, 0.05) is 53.9 Å². The summed E-state index contributed by atoms with van der Waals surface area (Å²) >= 11 is 0. The van der Waals surface area contributed by atoms with E-state index in [9.17, 15) is 0 Å². The number of hydrogen-bond acceptors (Lipinski definition) is 8. The first-order valence-electron chi connectivity index (χ1n) is 11.3. The summed E-state index contributed by atoms with van der Waals surface area (Å²) in [5, 5.41) is 3.88. The van der Waals surface area contributed by atoms with E-state index in [0.717, 1.165) is 31.6 Å². The lowest BCUT2D eigenvalue weighted by molar-refractivity contribution is 0.118. The molecule has 0 aliphatic heterocycles. The van der Waals surface area contributed by atoms with E-state index in [1.165, 1.54) is 38.6 Å². The van der Waals surface area contributed by atoms with Crippen molar-refractivity contribution in [3.63, 3.8) is 0 Å². The molecule has 0 aromatic heterocycles. The van der Waals surface area contributed by atoms with Crippen molar-refractivity contribution in [1.29, 1.82) is 0 Å². The maximum absolute atomic E-state index is 5.81. The molecule has 0 aromatic carbocycles. The number of hydrogen-bond donors (Lipinski definition) is 1. The third kappa shape index (κ3) is 12.4. The molecule has 0 heterocycles. The van der Waals surface area contributed by atoms with Gasteiger partial charge in [-0.2, -0.15) is 0 Å². The van der Waals surface area contributed by atoms with Crippen molar-refractivity contribution in [2.45, 2.75) is 56.2 Å². The molecule has 31 heavy (non-hydrogen) atoms. The highest BCUT2D eigenvalue weighted by Crippen LogP contribution is 2.28. The number of nitrogens with zero attached hydrogens (tertiary/aromatic N) is 1. The Balaban J connectivity index is 4.41. The van der Waals surface area contributed by atoms with Gasteiger partial charge in [-0.1, -0.05) is 25.7 Å². The van der Waals surface area contributed by atoms with Crippen LogP contribution < -0.4 is 5.32 Å². The van der Waals surface area contributed by atoms with E-state index >= 15 is 0 Å². The highest BCUT2D eigenvalue weighted by molar-refractivity contribution is 6.73. The number of nitrogens with one attached hydrogen (secondary N) is 1. The summed E-state index contributed by atoms with van der Waals surface area (Å²) in [6, 6.07) is 0.802. The smallest absolute Gasteiger partial charge is 0.377 e. The van der Waals surface area contributed by atoms with Gasteiger partial charge in [0.15, 0.2) is 0 Å². The molecule has 1 N–H and O–H groups in total. The molecule has 0 bridgehead atoms. The molecular weight excluding hydrogens is 448 g/mol. The van der Waals surface area contributed by atoms with E-state index in [1.807, 2.05) is 0 Å². The maximum Gasteiger partial charge on any atom is 0.500 e. The van der Waals surface area contributed by atoms with E-state index in [4.69, 9.17) is 26.6 Å². The van der Waals surface area contributed by atoms with Crippen molar-refractivity contribution in [3.05, 3.63) is 0 Å². The van der Waals surface area contributed by atoms with E-state index in [-0.39, 0.29) is 0 Å². The lowest BCUT2D eigenvalue weighted by atomic mass is 10.1. The average molecular weight is 497 g/mol. The summed E-state index contributed by atoms with van der Waals surface area (Å²) in [6.45, 7) is 2.07. The van der Waals surface area contributed by atoms with Crippen molar-refractivity contribution in [3.8, 4) is 0 Å². The Morgan fingerprint density at radius 3 is 1.81 bits per heavy atom. The molecule has 0 rings (SSSR count). The van der Waals surface area contributed by atoms with Gasteiger partial charge in [0.1, 0.15) is 0 Å². The van der Waals surface area contributed by atoms with E-state index < -0.39 is 17.6 Å². The monoisotopic (exact) mass is 496 g/mol. The largest absolute Gasteiger partial charge is 0.500 e. The normalized spacial score (nSPS) is 13.8. The molecule has 0 aliphatic rings. The van der Waals surface area contributed by atoms with Crippen LogP contribution in [0.5, 0.6) is 0 Å². The van der Waals surface area contributed by atoms with Crippen molar-refractivity contribution < 1.29 is 26.6 Å². The molecule has 0 amide bonds. The summed E-state index contributed by atoms with van der Waals surface area (Å²) in [6.07, 6.45) is 9.26. The van der Waals surface area contributed by atoms with Crippen LogP contribution in [0.15, 0.2) is 0 Å². The Morgan fingerprint density at radius 1 is 0.742 bits per heavy atom. The third-order valence-electron chi connectivity index (χ3n) is 5.62. The zero-order valence-electron chi connectivity index (χ0n) is 21.3. The van der Waals surface area contributed by atoms with Gasteiger partial charge >= 0.3 is 17.6 Å². The predicted octanol–water partition coefficient (Wildman–Crippen LogP) is 2.61. The predicted molar refractivity (Wildman–Crippen MR) is 132 cm³/mol. The molecule has 0 aromatic rings. The second-order valence-corrected chi connectivity index (χ2v) is 16.2. The van der Waals surface area contributed by atoms with Gasteiger partial charge in [0.25, 0.3) is 0 Å². The Bertz CT molecular complexity index is 400. The first-order chi connectivity index (χ1) is 14.9. The van der Waals surface area contributed by atoms with Crippen LogP contribution >= 0.6 is 0 Å². The molecule has 2 radical (unpaired) electrons. The zero-order valence-corrected chi connectivity index (χ0v) is 24.3. The molecule has 0 saturated heterocycles. The fourth-order valence-electron chi connectivity index (χ4n) is 3.66. The fraction of sp³-hybridized carbons (Fsp3) is 1.00. The molecule has 1 unspecified atom stereocenters. The second-order valence-electron chi connectivity index (χ2n) is 7.91. The molecule has 0 aliphatic carbocycles. The highest BCUT2D eigenvalue weighted by atomic mass is 28.4. The summed E-state index contributed by atoms with van der Waals surface area (Å²) in [5.74, 6) is 0. The second kappa shape index (κ2) is 18.7. The van der Waals surface area contributed by atoms with Crippen molar-refractivity contribution in [1.82, 2.24) is 10.2 Å². The quantitative estimate of drug-likeness (QED) is 0.181. The third-order valence-corrected chi connectivity index (χ3v) is 14.2. The van der Waals surface area contributed by atoms with Crippen molar-refractivity contribution in [2.75, 3.05) is 76.0 Å². The molecule has 11 heteroatoms. The lowest BCUT2D eigenvalue weighted by Gasteiger charge is -2.32. The summed E-state index contributed by atoms with van der Waals surface area (Å²) in [4.78, 5) is 2.25. The van der Waals surface area contributed by atoms with Crippen LogP contribution in [-0.2, 0) is 26.6 Å². The lowest BCUT2D eigenvalue weighted by Crippen LogP contribution is -2.51. The van der Waals surface area contributed by atoms with Gasteiger partial charge < -0.3 is 36.8 Å². The summed E-state index contributed by atoms with van der Waals surface area (Å²) in [5.41, 5.74) is 0. The van der Waals surface area contributed by atoms with Crippen LogP contribution in [0, 0.1) is 0 Å². The topological polar surface area (TPSA) is 70.7 Å². The molecule has 8 nitrogen and oxygen atoms in total. The zero-order chi connectivity index (χ0) is 23.6. The molecule has 0 spiro atoms. The number of unbranched alkanes of at least 4 members (excludes halogenated alkanes) is 4.